The Hall–Kier alpha value is -1.87. The summed E-state index contributed by atoms with van der Waals surface area (Å²) in [6.07, 6.45) is 1.83. The van der Waals surface area contributed by atoms with Crippen LogP contribution in [0.3, 0.4) is 0 Å². The average molecular weight is 318 g/mol. The number of aromatic nitrogens is 2. The maximum Gasteiger partial charge on any atom is 0.223 e. The standard InChI is InChI=1S/C17H26N4O2/c1-12-10-20(11-13(2)23-12)17(22)7-6-16-14(3)19-21(15(16)4)9-5-8-18/h12-13H,5-7,9-11H2,1-4H3/t12-,13+. The van der Waals surface area contributed by atoms with E-state index in [-0.39, 0.29) is 18.1 Å². The van der Waals surface area contributed by atoms with Crippen molar-refractivity contribution in [1.29, 1.82) is 5.26 Å². The number of nitrogens with zero attached hydrogens (tertiary/aromatic N) is 4. The predicted octanol–water partition coefficient (Wildman–Crippen LogP) is 1.98. The summed E-state index contributed by atoms with van der Waals surface area (Å²) >= 11 is 0. The molecule has 23 heavy (non-hydrogen) atoms. The van der Waals surface area contributed by atoms with Gasteiger partial charge in [-0.1, -0.05) is 0 Å². The van der Waals surface area contributed by atoms with Gasteiger partial charge in [0.1, 0.15) is 0 Å². The first kappa shape index (κ1) is 17.5. The van der Waals surface area contributed by atoms with Crippen LogP contribution in [0.1, 0.15) is 43.6 Å². The van der Waals surface area contributed by atoms with Crippen LogP contribution in [0.2, 0.25) is 0 Å². The van der Waals surface area contributed by atoms with Crippen molar-refractivity contribution < 1.29 is 9.53 Å². The van der Waals surface area contributed by atoms with Gasteiger partial charge < -0.3 is 9.64 Å². The number of carbonyl (C=O) groups is 1. The predicted molar refractivity (Wildman–Crippen MR) is 86.8 cm³/mol. The van der Waals surface area contributed by atoms with Crippen molar-refractivity contribution in [3.63, 3.8) is 0 Å². The summed E-state index contributed by atoms with van der Waals surface area (Å²) in [7, 11) is 0. The average Bonchev–Trinajstić information content (AvgIpc) is 2.76. The van der Waals surface area contributed by atoms with Crippen molar-refractivity contribution in [2.75, 3.05) is 13.1 Å². The number of hydrogen-bond acceptors (Lipinski definition) is 4. The summed E-state index contributed by atoms with van der Waals surface area (Å²) in [6.45, 7) is 9.93. The molecular formula is C17H26N4O2. The van der Waals surface area contributed by atoms with Crippen LogP contribution in [-0.2, 0) is 22.5 Å². The number of hydrogen-bond donors (Lipinski definition) is 0. The quantitative estimate of drug-likeness (QED) is 0.832. The van der Waals surface area contributed by atoms with Crippen molar-refractivity contribution in [2.45, 2.75) is 65.7 Å². The van der Waals surface area contributed by atoms with E-state index in [1.54, 1.807) is 0 Å². The molecule has 0 saturated carbocycles. The van der Waals surface area contributed by atoms with Crippen molar-refractivity contribution in [2.24, 2.45) is 0 Å². The largest absolute Gasteiger partial charge is 0.372 e. The van der Waals surface area contributed by atoms with E-state index in [0.29, 0.717) is 38.9 Å². The molecule has 6 heteroatoms. The molecule has 126 valence electrons. The van der Waals surface area contributed by atoms with Crippen LogP contribution in [0, 0.1) is 25.2 Å². The van der Waals surface area contributed by atoms with E-state index in [1.165, 1.54) is 0 Å². The molecule has 6 nitrogen and oxygen atoms in total. The van der Waals surface area contributed by atoms with Gasteiger partial charge in [0, 0.05) is 25.2 Å². The SMILES string of the molecule is Cc1nn(CCC#N)c(C)c1CCC(=O)N1C[C@@H](C)O[C@@H](C)C1. The second kappa shape index (κ2) is 7.60. The summed E-state index contributed by atoms with van der Waals surface area (Å²) in [5.74, 6) is 0.176. The smallest absolute Gasteiger partial charge is 0.223 e. The van der Waals surface area contributed by atoms with E-state index in [0.717, 1.165) is 17.0 Å². The first-order valence-electron chi connectivity index (χ1n) is 8.25. The highest BCUT2D eigenvalue weighted by Gasteiger charge is 2.26. The Balaban J connectivity index is 1.96. The highest BCUT2D eigenvalue weighted by molar-refractivity contribution is 5.76. The molecule has 0 aromatic carbocycles. The summed E-state index contributed by atoms with van der Waals surface area (Å²) in [6, 6.07) is 2.14. The number of carbonyl (C=O) groups excluding carboxylic acids is 1. The summed E-state index contributed by atoms with van der Waals surface area (Å²) < 4.78 is 7.55. The molecule has 2 atom stereocenters. The van der Waals surface area contributed by atoms with Crippen LogP contribution in [-0.4, -0.2) is 45.9 Å². The van der Waals surface area contributed by atoms with Crippen LogP contribution >= 0.6 is 0 Å². The third-order valence-corrected chi connectivity index (χ3v) is 4.33. The van der Waals surface area contributed by atoms with Gasteiger partial charge in [0.15, 0.2) is 0 Å². The van der Waals surface area contributed by atoms with Crippen LogP contribution in [0.4, 0.5) is 0 Å². The fraction of sp³-hybridized carbons (Fsp3) is 0.706. The fourth-order valence-electron chi connectivity index (χ4n) is 3.24. The molecule has 1 aliphatic heterocycles. The van der Waals surface area contributed by atoms with Gasteiger partial charge in [0.2, 0.25) is 5.91 Å². The maximum absolute atomic E-state index is 12.5. The monoisotopic (exact) mass is 318 g/mol. The van der Waals surface area contributed by atoms with Gasteiger partial charge >= 0.3 is 0 Å². The van der Waals surface area contributed by atoms with E-state index < -0.39 is 0 Å². The first-order valence-corrected chi connectivity index (χ1v) is 8.25. The summed E-state index contributed by atoms with van der Waals surface area (Å²) in [5, 5.41) is 13.2. The Bertz CT molecular complexity index is 592. The molecular weight excluding hydrogens is 292 g/mol. The minimum atomic E-state index is 0.0971. The van der Waals surface area contributed by atoms with E-state index in [4.69, 9.17) is 10.00 Å². The number of morpholine rings is 1. The van der Waals surface area contributed by atoms with E-state index in [2.05, 4.69) is 11.2 Å². The number of nitriles is 1. The number of ether oxygens (including phenoxy) is 1. The topological polar surface area (TPSA) is 71.2 Å². The van der Waals surface area contributed by atoms with Crippen molar-refractivity contribution >= 4 is 5.91 Å². The van der Waals surface area contributed by atoms with Gasteiger partial charge in [-0.15, -0.1) is 0 Å². The Morgan fingerprint density at radius 1 is 1.35 bits per heavy atom. The van der Waals surface area contributed by atoms with Crippen LogP contribution in [0.5, 0.6) is 0 Å². The van der Waals surface area contributed by atoms with Crippen molar-refractivity contribution in [3.8, 4) is 6.07 Å². The van der Waals surface area contributed by atoms with Gasteiger partial charge in [-0.25, -0.2) is 0 Å². The zero-order valence-corrected chi connectivity index (χ0v) is 14.5. The zero-order chi connectivity index (χ0) is 17.0. The van der Waals surface area contributed by atoms with E-state index >= 15 is 0 Å². The van der Waals surface area contributed by atoms with E-state index in [9.17, 15) is 4.79 Å². The molecule has 2 heterocycles. The van der Waals surface area contributed by atoms with Crippen LogP contribution < -0.4 is 0 Å². The van der Waals surface area contributed by atoms with Gasteiger partial charge in [-0.3, -0.25) is 9.48 Å². The minimum Gasteiger partial charge on any atom is -0.372 e. The third kappa shape index (κ3) is 4.32. The lowest BCUT2D eigenvalue weighted by atomic mass is 10.1. The number of amides is 1. The summed E-state index contributed by atoms with van der Waals surface area (Å²) in [4.78, 5) is 14.4. The van der Waals surface area contributed by atoms with E-state index in [1.807, 2.05) is 37.3 Å². The Labute approximate surface area is 138 Å². The van der Waals surface area contributed by atoms with Gasteiger partial charge in [-0.2, -0.15) is 10.4 Å². The Morgan fingerprint density at radius 2 is 2.00 bits per heavy atom. The lowest BCUT2D eigenvalue weighted by Crippen LogP contribution is -2.48. The van der Waals surface area contributed by atoms with Crippen molar-refractivity contribution in [1.82, 2.24) is 14.7 Å². The Morgan fingerprint density at radius 3 is 2.61 bits per heavy atom. The fourth-order valence-corrected chi connectivity index (χ4v) is 3.24. The lowest BCUT2D eigenvalue weighted by molar-refractivity contribution is -0.143. The molecule has 0 spiro atoms. The molecule has 0 N–H and O–H groups in total. The molecule has 1 amide bonds. The Kier molecular flexibility index (Phi) is 5.78. The lowest BCUT2D eigenvalue weighted by Gasteiger charge is -2.35. The third-order valence-electron chi connectivity index (χ3n) is 4.33. The van der Waals surface area contributed by atoms with Crippen molar-refractivity contribution in [3.05, 3.63) is 17.0 Å². The second-order valence-electron chi connectivity index (χ2n) is 6.34. The molecule has 1 saturated heterocycles. The number of rotatable bonds is 5. The molecule has 1 aromatic rings. The van der Waals surface area contributed by atoms with Crippen LogP contribution in [0.25, 0.3) is 0 Å². The maximum atomic E-state index is 12.5. The highest BCUT2D eigenvalue weighted by atomic mass is 16.5. The molecule has 0 bridgehead atoms. The van der Waals surface area contributed by atoms with Crippen LogP contribution in [0.15, 0.2) is 0 Å². The molecule has 1 aliphatic rings. The molecule has 0 aliphatic carbocycles. The zero-order valence-electron chi connectivity index (χ0n) is 14.5. The molecule has 1 aromatic heterocycles. The van der Waals surface area contributed by atoms with Gasteiger partial charge in [0.25, 0.3) is 0 Å². The molecule has 0 radical (unpaired) electrons. The highest BCUT2D eigenvalue weighted by Crippen LogP contribution is 2.17. The minimum absolute atomic E-state index is 0.0971. The summed E-state index contributed by atoms with van der Waals surface area (Å²) in [5.41, 5.74) is 3.15. The molecule has 1 fully saturated rings. The molecule has 0 unspecified atom stereocenters. The van der Waals surface area contributed by atoms with Gasteiger partial charge in [0.05, 0.1) is 36.9 Å². The normalized spacial score (nSPS) is 21.3. The molecule has 2 rings (SSSR count). The second-order valence-corrected chi connectivity index (χ2v) is 6.34. The number of aryl methyl sites for hydroxylation is 2. The first-order chi connectivity index (χ1) is 10.9. The van der Waals surface area contributed by atoms with Gasteiger partial charge in [-0.05, 0) is 39.7 Å².